The summed E-state index contributed by atoms with van der Waals surface area (Å²) in [6.45, 7) is 0. The smallest absolute Gasteiger partial charge is 0.0433 e. The Bertz CT molecular complexity index is 120. The third kappa shape index (κ3) is 2.30. The summed E-state index contributed by atoms with van der Waals surface area (Å²) in [6.07, 6.45) is 5.83. The molecule has 0 heterocycles. The van der Waals surface area contributed by atoms with E-state index in [1.54, 1.807) is 0 Å². The highest BCUT2D eigenvalue weighted by molar-refractivity contribution is 9.09. The number of halogens is 2. The normalized spacial score (nSPS) is 27.8. The van der Waals surface area contributed by atoms with E-state index in [0.717, 1.165) is 12.3 Å². The van der Waals surface area contributed by atoms with Crippen LogP contribution in [0.4, 0.5) is 0 Å². The lowest BCUT2D eigenvalue weighted by Crippen LogP contribution is -2.03. The van der Waals surface area contributed by atoms with Crippen molar-refractivity contribution in [2.45, 2.75) is 24.1 Å². The van der Waals surface area contributed by atoms with Crippen LogP contribution in [0.1, 0.15) is 19.3 Å². The van der Waals surface area contributed by atoms with Crippen LogP contribution in [0.25, 0.3) is 0 Å². The van der Waals surface area contributed by atoms with Gasteiger partial charge in [-0.15, -0.1) is 11.6 Å². The van der Waals surface area contributed by atoms with E-state index in [0.29, 0.717) is 4.83 Å². The molecule has 0 aromatic rings. The first kappa shape index (κ1) is 7.62. The molecule has 2 heteroatoms. The maximum Gasteiger partial charge on any atom is 0.0433 e. The molecule has 0 fully saturated rings. The van der Waals surface area contributed by atoms with Gasteiger partial charge in [0.15, 0.2) is 0 Å². The van der Waals surface area contributed by atoms with Gasteiger partial charge in [0, 0.05) is 10.7 Å². The van der Waals surface area contributed by atoms with Crippen molar-refractivity contribution in [3.05, 3.63) is 11.6 Å². The van der Waals surface area contributed by atoms with Gasteiger partial charge in [0.05, 0.1) is 0 Å². The van der Waals surface area contributed by atoms with E-state index in [1.165, 1.54) is 18.4 Å². The summed E-state index contributed by atoms with van der Waals surface area (Å²) >= 11 is 9.20. The zero-order valence-corrected chi connectivity index (χ0v) is 7.58. The summed E-state index contributed by atoms with van der Waals surface area (Å²) in [5, 5.41) is 0. The molecular weight excluding hydrogens is 199 g/mol. The van der Waals surface area contributed by atoms with Crippen LogP contribution in [0.3, 0.4) is 0 Å². The van der Waals surface area contributed by atoms with Crippen molar-refractivity contribution in [2.75, 3.05) is 5.88 Å². The molecule has 0 saturated carbocycles. The van der Waals surface area contributed by atoms with Crippen molar-refractivity contribution in [3.8, 4) is 0 Å². The average molecular weight is 210 g/mol. The summed E-state index contributed by atoms with van der Waals surface area (Å²) < 4.78 is 0. The molecule has 0 nitrogen and oxygen atoms in total. The first-order valence-corrected chi connectivity index (χ1v) is 4.66. The Morgan fingerprint density at radius 2 is 2.56 bits per heavy atom. The maximum absolute atomic E-state index is 5.64. The quantitative estimate of drug-likeness (QED) is 0.460. The molecule has 1 rings (SSSR count). The van der Waals surface area contributed by atoms with E-state index in [2.05, 4.69) is 22.0 Å². The average Bonchev–Trinajstić information content (AvgIpc) is 1.90. The van der Waals surface area contributed by atoms with Crippen LogP contribution < -0.4 is 0 Å². The molecule has 1 aliphatic rings. The summed E-state index contributed by atoms with van der Waals surface area (Å²) in [5.41, 5.74) is 1.41. The van der Waals surface area contributed by atoms with Crippen molar-refractivity contribution < 1.29 is 0 Å². The fourth-order valence-corrected chi connectivity index (χ4v) is 1.64. The standard InChI is InChI=1S/C7H10BrCl/c8-7-3-1-6(5-9)2-4-7/h1,7H,2-5H2/t7-/m0/s1. The summed E-state index contributed by atoms with van der Waals surface area (Å²) in [5.74, 6) is 0.722. The van der Waals surface area contributed by atoms with Crippen LogP contribution in [-0.4, -0.2) is 10.7 Å². The lowest BCUT2D eigenvalue weighted by molar-refractivity contribution is 0.729. The van der Waals surface area contributed by atoms with Crippen molar-refractivity contribution in [2.24, 2.45) is 0 Å². The molecule has 0 unspecified atom stereocenters. The molecular formula is C7H10BrCl. The van der Waals surface area contributed by atoms with Gasteiger partial charge in [-0.05, 0) is 19.3 Å². The van der Waals surface area contributed by atoms with Gasteiger partial charge >= 0.3 is 0 Å². The summed E-state index contributed by atoms with van der Waals surface area (Å²) in [6, 6.07) is 0. The maximum atomic E-state index is 5.64. The van der Waals surface area contributed by atoms with Gasteiger partial charge in [-0.2, -0.15) is 0 Å². The Labute approximate surface area is 69.4 Å². The van der Waals surface area contributed by atoms with E-state index < -0.39 is 0 Å². The number of hydrogen-bond donors (Lipinski definition) is 0. The fourth-order valence-electron chi connectivity index (χ4n) is 0.978. The lowest BCUT2D eigenvalue weighted by Gasteiger charge is -2.14. The molecule has 0 saturated heterocycles. The monoisotopic (exact) mass is 208 g/mol. The van der Waals surface area contributed by atoms with E-state index in [1.807, 2.05) is 0 Å². The summed E-state index contributed by atoms with van der Waals surface area (Å²) in [7, 11) is 0. The van der Waals surface area contributed by atoms with Gasteiger partial charge in [0.1, 0.15) is 0 Å². The molecule has 1 aliphatic carbocycles. The zero-order chi connectivity index (χ0) is 6.69. The largest absolute Gasteiger partial charge is 0.122 e. The predicted octanol–water partition coefficient (Wildman–Crippen LogP) is 3.10. The number of hydrogen-bond acceptors (Lipinski definition) is 0. The van der Waals surface area contributed by atoms with E-state index in [4.69, 9.17) is 11.6 Å². The Kier molecular flexibility index (Phi) is 3.07. The molecule has 0 aromatic heterocycles. The van der Waals surface area contributed by atoms with Crippen LogP contribution in [-0.2, 0) is 0 Å². The van der Waals surface area contributed by atoms with Gasteiger partial charge in [0.2, 0.25) is 0 Å². The molecule has 0 N–H and O–H groups in total. The van der Waals surface area contributed by atoms with Gasteiger partial charge < -0.3 is 0 Å². The first-order chi connectivity index (χ1) is 4.33. The third-order valence-electron chi connectivity index (χ3n) is 1.61. The van der Waals surface area contributed by atoms with Crippen molar-refractivity contribution >= 4 is 27.5 Å². The SMILES string of the molecule is ClCC1=CC[C@H](Br)CC1. The minimum atomic E-state index is 0.699. The van der Waals surface area contributed by atoms with Gasteiger partial charge in [0.25, 0.3) is 0 Å². The molecule has 9 heavy (non-hydrogen) atoms. The fraction of sp³-hybridized carbons (Fsp3) is 0.714. The molecule has 0 aliphatic heterocycles. The van der Waals surface area contributed by atoms with Crippen LogP contribution in [0.15, 0.2) is 11.6 Å². The Hall–Kier alpha value is 0.510. The minimum Gasteiger partial charge on any atom is -0.122 e. The van der Waals surface area contributed by atoms with Crippen molar-refractivity contribution in [1.82, 2.24) is 0 Å². The van der Waals surface area contributed by atoms with Crippen LogP contribution in [0.5, 0.6) is 0 Å². The van der Waals surface area contributed by atoms with Gasteiger partial charge in [-0.25, -0.2) is 0 Å². The topological polar surface area (TPSA) is 0 Å². The highest BCUT2D eigenvalue weighted by atomic mass is 79.9. The third-order valence-corrected chi connectivity index (χ3v) is 2.79. The number of allylic oxidation sites excluding steroid dienone is 2. The van der Waals surface area contributed by atoms with Gasteiger partial charge in [-0.3, -0.25) is 0 Å². The van der Waals surface area contributed by atoms with Crippen molar-refractivity contribution in [3.63, 3.8) is 0 Å². The Morgan fingerprint density at radius 1 is 1.78 bits per heavy atom. The first-order valence-electron chi connectivity index (χ1n) is 3.21. The predicted molar refractivity (Wildman–Crippen MR) is 45.4 cm³/mol. The summed E-state index contributed by atoms with van der Waals surface area (Å²) in [4.78, 5) is 0.699. The zero-order valence-electron chi connectivity index (χ0n) is 5.24. The van der Waals surface area contributed by atoms with E-state index in [-0.39, 0.29) is 0 Å². The van der Waals surface area contributed by atoms with Crippen molar-refractivity contribution in [1.29, 1.82) is 0 Å². The Morgan fingerprint density at radius 3 is 3.00 bits per heavy atom. The number of rotatable bonds is 1. The molecule has 52 valence electrons. The second-order valence-electron chi connectivity index (χ2n) is 2.37. The highest BCUT2D eigenvalue weighted by Gasteiger charge is 2.09. The molecule has 1 atom stereocenters. The molecule has 0 spiro atoms. The van der Waals surface area contributed by atoms with E-state index in [9.17, 15) is 0 Å². The second-order valence-corrected chi connectivity index (χ2v) is 3.93. The molecule has 0 aromatic carbocycles. The highest BCUT2D eigenvalue weighted by Crippen LogP contribution is 2.23. The van der Waals surface area contributed by atoms with Crippen LogP contribution in [0.2, 0.25) is 0 Å². The van der Waals surface area contributed by atoms with Gasteiger partial charge in [-0.1, -0.05) is 27.6 Å². The van der Waals surface area contributed by atoms with E-state index >= 15 is 0 Å². The van der Waals surface area contributed by atoms with Crippen LogP contribution >= 0.6 is 27.5 Å². The Balaban J connectivity index is 2.40. The number of alkyl halides is 2. The molecule has 0 radical (unpaired) electrons. The minimum absolute atomic E-state index is 0.699. The lowest BCUT2D eigenvalue weighted by atomic mass is 10.0. The van der Waals surface area contributed by atoms with Crippen LogP contribution in [0, 0.1) is 0 Å². The second kappa shape index (κ2) is 3.62. The molecule has 0 amide bonds. The molecule has 0 bridgehead atoms.